The Morgan fingerprint density at radius 3 is 1.43 bits per heavy atom. The lowest BCUT2D eigenvalue weighted by molar-refractivity contribution is 0.718. The van der Waals surface area contributed by atoms with Gasteiger partial charge in [0.25, 0.3) is 0 Å². The number of aromatic nitrogens is 4. The Morgan fingerprint density at radius 2 is 1.00 bits per heavy atom. The molecule has 5 heteroatoms. The van der Waals surface area contributed by atoms with Crippen molar-refractivity contribution in [3.8, 4) is 11.1 Å². The van der Waals surface area contributed by atoms with Gasteiger partial charge in [-0.25, -0.2) is 9.97 Å². The number of benzene rings is 1. The fraction of sp³-hybridized carbons (Fsp3) is 0.381. The van der Waals surface area contributed by atoms with Crippen molar-refractivity contribution in [2.24, 2.45) is 0 Å². The number of unbranched alkanes of at least 4 members (excludes halogenated alkanes) is 4. The van der Waals surface area contributed by atoms with Crippen molar-refractivity contribution < 1.29 is 0 Å². The number of hydrogen-bond acceptors (Lipinski definition) is 3. The molecular formula is C42H51N5. The average Bonchev–Trinajstić information content (AvgIpc) is 3.70. The van der Waals surface area contributed by atoms with Crippen molar-refractivity contribution in [1.29, 1.82) is 0 Å². The van der Waals surface area contributed by atoms with Gasteiger partial charge in [-0.15, -0.1) is 0 Å². The molecule has 0 spiro atoms. The Bertz CT molecular complexity index is 1940. The summed E-state index contributed by atoms with van der Waals surface area (Å²) in [6.07, 6.45) is 9.36. The predicted molar refractivity (Wildman–Crippen MR) is 203 cm³/mol. The number of anilines is 1. The van der Waals surface area contributed by atoms with Crippen LogP contribution in [0.2, 0.25) is 0 Å². The molecule has 0 amide bonds. The molecular weight excluding hydrogens is 574 g/mol. The van der Waals surface area contributed by atoms with Gasteiger partial charge in [0, 0.05) is 33.3 Å². The molecule has 4 N–H and O–H groups in total. The highest BCUT2D eigenvalue weighted by Gasteiger charge is 2.24. The second kappa shape index (κ2) is 13.4. The monoisotopic (exact) mass is 625 g/mol. The summed E-state index contributed by atoms with van der Waals surface area (Å²) < 4.78 is 0. The van der Waals surface area contributed by atoms with Crippen LogP contribution >= 0.6 is 0 Å². The Hall–Kier alpha value is -4.38. The lowest BCUT2D eigenvalue weighted by Gasteiger charge is -2.10. The van der Waals surface area contributed by atoms with Crippen LogP contribution in [0.5, 0.6) is 0 Å². The van der Waals surface area contributed by atoms with Gasteiger partial charge in [0.05, 0.1) is 22.8 Å². The van der Waals surface area contributed by atoms with E-state index in [-0.39, 0.29) is 0 Å². The van der Waals surface area contributed by atoms with Gasteiger partial charge in [-0.1, -0.05) is 51.7 Å². The molecule has 0 saturated heterocycles. The first kappa shape index (κ1) is 32.6. The van der Waals surface area contributed by atoms with Crippen LogP contribution in [0.3, 0.4) is 0 Å². The van der Waals surface area contributed by atoms with Crippen LogP contribution in [0.15, 0.2) is 42.5 Å². The molecule has 3 aromatic heterocycles. The van der Waals surface area contributed by atoms with Crippen molar-refractivity contribution >= 4 is 50.0 Å². The third-order valence-corrected chi connectivity index (χ3v) is 10.6. The summed E-state index contributed by atoms with van der Waals surface area (Å²) in [5, 5.41) is 0. The number of aryl methyl sites for hydroxylation is 4. The number of H-pyrrole nitrogens is 2. The van der Waals surface area contributed by atoms with E-state index in [1.165, 1.54) is 94.1 Å². The molecule has 0 saturated carbocycles. The van der Waals surface area contributed by atoms with E-state index >= 15 is 0 Å². The molecule has 47 heavy (non-hydrogen) atoms. The highest BCUT2D eigenvalue weighted by molar-refractivity contribution is 6.01. The number of nitrogens with two attached hydrogens (primary N) is 1. The number of aromatic amines is 2. The molecule has 6 rings (SSSR count). The number of hydrogen-bond donors (Lipinski definition) is 3. The number of nitrogens with zero attached hydrogens (tertiary/aromatic N) is 2. The smallest absolute Gasteiger partial charge is 0.0769 e. The molecule has 1 aromatic carbocycles. The van der Waals surface area contributed by atoms with Crippen molar-refractivity contribution in [3.05, 3.63) is 87.5 Å². The number of fused-ring (bicyclic) bond motifs is 8. The number of allylic oxidation sites excluding steroid dienone is 4. The standard InChI is InChI=1S/C42H51N5/c1-9-11-13-15-32-28(7)36-21-34-24(3)26(5)41(46-34)40(30-17-19-31(43)20-18-30)42-27(6)25(4)35(47-42)22-37-29(8)33(16-14-12-10-2)39(45-37)23-38(32)44-36/h17-23,44-45H,9-16,43H2,1-8H3. The number of nitrogen functional groups attached to an aromatic ring is 1. The third-order valence-electron chi connectivity index (χ3n) is 10.6. The molecule has 4 aromatic rings. The van der Waals surface area contributed by atoms with E-state index in [9.17, 15) is 0 Å². The van der Waals surface area contributed by atoms with Crippen LogP contribution in [0, 0.1) is 13.8 Å². The fourth-order valence-corrected chi connectivity index (χ4v) is 7.18. The molecule has 5 heterocycles. The summed E-state index contributed by atoms with van der Waals surface area (Å²) in [6.45, 7) is 17.9. The summed E-state index contributed by atoms with van der Waals surface area (Å²) in [4.78, 5) is 18.5. The largest absolute Gasteiger partial charge is 0.399 e. The van der Waals surface area contributed by atoms with Crippen LogP contribution in [-0.4, -0.2) is 19.9 Å². The molecule has 2 aliphatic heterocycles. The predicted octanol–water partition coefficient (Wildman–Crippen LogP) is 11.5. The Labute approximate surface area is 280 Å². The molecule has 0 atom stereocenters. The minimum atomic E-state index is 0.745. The molecule has 0 aliphatic carbocycles. The minimum absolute atomic E-state index is 0.745. The van der Waals surface area contributed by atoms with Gasteiger partial charge in [0.1, 0.15) is 0 Å². The zero-order valence-electron chi connectivity index (χ0n) is 29.7. The van der Waals surface area contributed by atoms with Gasteiger partial charge < -0.3 is 15.7 Å². The van der Waals surface area contributed by atoms with Crippen LogP contribution in [0.1, 0.15) is 125 Å². The number of nitrogens with one attached hydrogen (secondary N) is 2. The van der Waals surface area contributed by atoms with Crippen molar-refractivity contribution in [2.45, 2.75) is 107 Å². The van der Waals surface area contributed by atoms with E-state index < -0.39 is 0 Å². The maximum atomic E-state index is 6.16. The first-order valence-electron chi connectivity index (χ1n) is 17.6. The van der Waals surface area contributed by atoms with Crippen LogP contribution in [-0.2, 0) is 12.8 Å². The molecule has 2 aliphatic rings. The quantitative estimate of drug-likeness (QED) is 0.128. The minimum Gasteiger partial charge on any atom is -0.399 e. The maximum Gasteiger partial charge on any atom is 0.0769 e. The van der Waals surface area contributed by atoms with Gasteiger partial charge in [0.15, 0.2) is 0 Å². The van der Waals surface area contributed by atoms with Crippen molar-refractivity contribution in [2.75, 3.05) is 5.73 Å². The van der Waals surface area contributed by atoms with Gasteiger partial charge in [-0.3, -0.25) is 0 Å². The van der Waals surface area contributed by atoms with E-state index in [0.29, 0.717) is 0 Å². The van der Waals surface area contributed by atoms with Gasteiger partial charge >= 0.3 is 0 Å². The fourth-order valence-electron chi connectivity index (χ4n) is 7.18. The topological polar surface area (TPSA) is 83.4 Å². The summed E-state index contributed by atoms with van der Waals surface area (Å²) in [5.74, 6) is 0. The SMILES string of the molecule is CCCCCc1c(C)c2cc3nc(c(-c4ccc(N)cc4)c4nc(cc5[nH]c(cc1[nH]2)c(CCCCC)c5C)C(C)=C4C)C(C)=C3C. The van der Waals surface area contributed by atoms with Gasteiger partial charge in [-0.05, 0) is 148 Å². The van der Waals surface area contributed by atoms with Gasteiger partial charge in [-0.2, -0.15) is 0 Å². The molecule has 0 fully saturated rings. The lowest BCUT2D eigenvalue weighted by atomic mass is 9.94. The van der Waals surface area contributed by atoms with Crippen LogP contribution in [0.25, 0.3) is 55.5 Å². The lowest BCUT2D eigenvalue weighted by Crippen LogP contribution is -1.93. The molecule has 8 bridgehead atoms. The van der Waals surface area contributed by atoms with Crippen molar-refractivity contribution in [1.82, 2.24) is 19.9 Å². The second-order valence-electron chi connectivity index (χ2n) is 13.6. The highest BCUT2D eigenvalue weighted by Crippen LogP contribution is 2.42. The maximum absolute atomic E-state index is 6.16. The van der Waals surface area contributed by atoms with E-state index in [2.05, 4.69) is 95.7 Å². The molecule has 0 radical (unpaired) electrons. The summed E-state index contributed by atoms with van der Waals surface area (Å²) in [7, 11) is 0. The van der Waals surface area contributed by atoms with Crippen LogP contribution < -0.4 is 5.73 Å². The highest BCUT2D eigenvalue weighted by atomic mass is 14.8. The first-order chi connectivity index (χ1) is 22.6. The molecule has 244 valence electrons. The van der Waals surface area contributed by atoms with E-state index in [0.717, 1.165) is 63.5 Å². The second-order valence-corrected chi connectivity index (χ2v) is 13.6. The normalized spacial score (nSPS) is 13.3. The van der Waals surface area contributed by atoms with Crippen LogP contribution in [0.4, 0.5) is 5.69 Å². The summed E-state index contributed by atoms with van der Waals surface area (Å²) in [5.41, 5.74) is 27.9. The Morgan fingerprint density at radius 1 is 0.553 bits per heavy atom. The van der Waals surface area contributed by atoms with E-state index in [1.807, 2.05) is 12.1 Å². The van der Waals surface area contributed by atoms with Crippen molar-refractivity contribution in [3.63, 3.8) is 0 Å². The van der Waals surface area contributed by atoms with Gasteiger partial charge in [0.2, 0.25) is 0 Å². The molecule has 0 unspecified atom stereocenters. The Balaban J connectivity index is 1.78. The van der Waals surface area contributed by atoms with E-state index in [4.69, 9.17) is 15.7 Å². The molecule has 5 nitrogen and oxygen atoms in total. The summed E-state index contributed by atoms with van der Waals surface area (Å²) in [6, 6.07) is 15.1. The average molecular weight is 626 g/mol. The number of rotatable bonds is 9. The third kappa shape index (κ3) is 6.08. The Kier molecular flexibility index (Phi) is 9.27. The summed E-state index contributed by atoms with van der Waals surface area (Å²) >= 11 is 0. The zero-order chi connectivity index (χ0) is 33.4. The first-order valence-corrected chi connectivity index (χ1v) is 17.6. The van der Waals surface area contributed by atoms with E-state index in [1.54, 1.807) is 0 Å². The zero-order valence-corrected chi connectivity index (χ0v) is 29.7.